The van der Waals surface area contributed by atoms with Crippen LogP contribution >= 0.6 is 0 Å². The summed E-state index contributed by atoms with van der Waals surface area (Å²) in [6, 6.07) is 1.91. The van der Waals surface area contributed by atoms with Crippen LogP contribution in [0, 0.1) is 6.92 Å². The summed E-state index contributed by atoms with van der Waals surface area (Å²) in [7, 11) is 4.02. The van der Waals surface area contributed by atoms with Crippen molar-refractivity contribution in [1.29, 1.82) is 0 Å². The Morgan fingerprint density at radius 3 is 2.53 bits per heavy atom. The number of rotatable bonds is 3. The van der Waals surface area contributed by atoms with Gasteiger partial charge in [-0.05, 0) is 45.5 Å². The third-order valence-electron chi connectivity index (χ3n) is 3.99. The van der Waals surface area contributed by atoms with Gasteiger partial charge in [-0.2, -0.15) is 0 Å². The molecule has 1 fully saturated rings. The molecule has 0 bridgehead atoms. The lowest BCUT2D eigenvalue weighted by Gasteiger charge is -2.35. The highest BCUT2D eigenvalue weighted by molar-refractivity contribution is 6.04. The van der Waals surface area contributed by atoms with Crippen molar-refractivity contribution in [2.24, 2.45) is 0 Å². The molecule has 1 aromatic rings. The number of aromatic nitrogens is 1. The molecule has 2 rings (SSSR count). The number of aryl methyl sites for hydroxylation is 1. The van der Waals surface area contributed by atoms with E-state index >= 15 is 0 Å². The van der Waals surface area contributed by atoms with Gasteiger partial charge >= 0.3 is 0 Å². The molecule has 0 unspecified atom stereocenters. The summed E-state index contributed by atoms with van der Waals surface area (Å²) < 4.78 is 0. The predicted octanol–water partition coefficient (Wildman–Crippen LogP) is 2.45. The third-order valence-corrected chi connectivity index (χ3v) is 3.99. The monoisotopic (exact) mass is 232 g/mol. The minimum atomic E-state index is -0.298. The van der Waals surface area contributed by atoms with Crippen LogP contribution in [0.25, 0.3) is 0 Å². The summed E-state index contributed by atoms with van der Waals surface area (Å²) in [6.45, 7) is 1.98. The summed E-state index contributed by atoms with van der Waals surface area (Å²) in [4.78, 5) is 18.9. The molecule has 0 amide bonds. The van der Waals surface area contributed by atoms with Crippen molar-refractivity contribution in [1.82, 2.24) is 9.88 Å². The Labute approximate surface area is 103 Å². The van der Waals surface area contributed by atoms with Crippen molar-refractivity contribution in [2.45, 2.75) is 38.1 Å². The molecule has 3 heteroatoms. The second-order valence-corrected chi connectivity index (χ2v) is 5.15. The second-order valence-electron chi connectivity index (χ2n) is 5.15. The van der Waals surface area contributed by atoms with Gasteiger partial charge in [-0.15, -0.1) is 0 Å². The molecule has 1 aliphatic rings. The Hall–Kier alpha value is -1.22. The lowest BCUT2D eigenvalue weighted by atomic mass is 9.85. The summed E-state index contributed by atoms with van der Waals surface area (Å²) >= 11 is 0. The average molecular weight is 232 g/mol. The molecule has 17 heavy (non-hydrogen) atoms. The van der Waals surface area contributed by atoms with Gasteiger partial charge in [0, 0.05) is 18.0 Å². The Morgan fingerprint density at radius 2 is 2.00 bits per heavy atom. The highest BCUT2D eigenvalue weighted by Crippen LogP contribution is 2.36. The van der Waals surface area contributed by atoms with E-state index in [2.05, 4.69) is 9.88 Å². The standard InChI is InChI=1S/C14H20N2O/c1-11-6-9-15-10-12(11)13(17)14(16(2)3)7-4-5-8-14/h6,9-10H,4-5,7-8H2,1-3H3. The van der Waals surface area contributed by atoms with Gasteiger partial charge in [0.2, 0.25) is 0 Å². The number of likely N-dealkylation sites (N-methyl/N-ethyl adjacent to an activating group) is 1. The van der Waals surface area contributed by atoms with E-state index in [9.17, 15) is 4.79 Å². The maximum atomic E-state index is 12.7. The highest BCUT2D eigenvalue weighted by Gasteiger charge is 2.43. The van der Waals surface area contributed by atoms with E-state index in [1.54, 1.807) is 12.4 Å². The van der Waals surface area contributed by atoms with Crippen LogP contribution in [-0.4, -0.2) is 35.3 Å². The van der Waals surface area contributed by atoms with E-state index in [0.29, 0.717) is 0 Å². The number of hydrogen-bond acceptors (Lipinski definition) is 3. The molecule has 0 spiro atoms. The number of carbonyl (C=O) groups excluding carboxylic acids is 1. The van der Waals surface area contributed by atoms with Crippen molar-refractivity contribution in [2.75, 3.05) is 14.1 Å². The molecule has 0 radical (unpaired) electrons. The van der Waals surface area contributed by atoms with Crippen LogP contribution in [0.4, 0.5) is 0 Å². The Bertz CT molecular complexity index is 420. The lowest BCUT2D eigenvalue weighted by molar-refractivity contribution is 0.0692. The molecular weight excluding hydrogens is 212 g/mol. The number of carbonyl (C=O) groups is 1. The largest absolute Gasteiger partial charge is 0.297 e. The van der Waals surface area contributed by atoms with Crippen LogP contribution in [-0.2, 0) is 0 Å². The molecule has 1 saturated carbocycles. The minimum absolute atomic E-state index is 0.241. The normalized spacial score (nSPS) is 18.6. The van der Waals surface area contributed by atoms with Crippen LogP contribution in [0.2, 0.25) is 0 Å². The first-order valence-electron chi connectivity index (χ1n) is 6.21. The summed E-state index contributed by atoms with van der Waals surface area (Å²) in [5.41, 5.74) is 1.51. The van der Waals surface area contributed by atoms with Gasteiger partial charge in [0.25, 0.3) is 0 Å². The van der Waals surface area contributed by atoms with E-state index in [4.69, 9.17) is 0 Å². The maximum absolute atomic E-state index is 12.7. The predicted molar refractivity (Wildman–Crippen MR) is 68.2 cm³/mol. The first-order chi connectivity index (χ1) is 8.08. The summed E-state index contributed by atoms with van der Waals surface area (Å²) in [5.74, 6) is 0.241. The van der Waals surface area contributed by atoms with Crippen LogP contribution < -0.4 is 0 Å². The number of pyridine rings is 1. The van der Waals surface area contributed by atoms with Crippen molar-refractivity contribution < 1.29 is 4.79 Å². The molecule has 92 valence electrons. The van der Waals surface area contributed by atoms with E-state index in [-0.39, 0.29) is 11.3 Å². The van der Waals surface area contributed by atoms with Gasteiger partial charge in [0.15, 0.2) is 5.78 Å². The van der Waals surface area contributed by atoms with E-state index in [1.165, 1.54) is 0 Å². The van der Waals surface area contributed by atoms with Crippen LogP contribution in [0.5, 0.6) is 0 Å². The number of Topliss-reactive ketones (excluding diaryl/α,β-unsaturated/α-hetero) is 1. The van der Waals surface area contributed by atoms with Crippen LogP contribution in [0.15, 0.2) is 18.5 Å². The van der Waals surface area contributed by atoms with Gasteiger partial charge in [0.1, 0.15) is 0 Å². The van der Waals surface area contributed by atoms with Crippen molar-refractivity contribution in [3.05, 3.63) is 29.6 Å². The minimum Gasteiger partial charge on any atom is -0.297 e. The fourth-order valence-electron chi connectivity index (χ4n) is 2.79. The van der Waals surface area contributed by atoms with Gasteiger partial charge in [-0.1, -0.05) is 12.8 Å². The molecule has 1 aromatic heterocycles. The SMILES string of the molecule is Cc1ccncc1C(=O)C1(N(C)C)CCCC1. The molecule has 0 atom stereocenters. The van der Waals surface area contributed by atoms with Crippen LogP contribution in [0.1, 0.15) is 41.6 Å². The zero-order chi connectivity index (χ0) is 12.5. The molecule has 0 aromatic carbocycles. The van der Waals surface area contributed by atoms with E-state index in [1.807, 2.05) is 27.1 Å². The lowest BCUT2D eigenvalue weighted by Crippen LogP contribution is -2.49. The molecule has 3 nitrogen and oxygen atoms in total. The van der Waals surface area contributed by atoms with E-state index in [0.717, 1.165) is 36.8 Å². The van der Waals surface area contributed by atoms with Gasteiger partial charge in [-0.25, -0.2) is 0 Å². The molecule has 1 aliphatic carbocycles. The van der Waals surface area contributed by atoms with Crippen LogP contribution in [0.3, 0.4) is 0 Å². The second kappa shape index (κ2) is 4.57. The van der Waals surface area contributed by atoms with Gasteiger partial charge in [-0.3, -0.25) is 14.7 Å². The Morgan fingerprint density at radius 1 is 1.35 bits per heavy atom. The molecule has 0 saturated heterocycles. The topological polar surface area (TPSA) is 33.2 Å². The fraction of sp³-hybridized carbons (Fsp3) is 0.571. The van der Waals surface area contributed by atoms with Gasteiger partial charge < -0.3 is 0 Å². The smallest absolute Gasteiger partial charge is 0.184 e. The molecular formula is C14H20N2O. The summed E-state index contributed by atoms with van der Waals surface area (Å²) in [6.07, 6.45) is 7.66. The first-order valence-corrected chi connectivity index (χ1v) is 6.21. The number of ketones is 1. The van der Waals surface area contributed by atoms with Crippen molar-refractivity contribution in [3.63, 3.8) is 0 Å². The summed E-state index contributed by atoms with van der Waals surface area (Å²) in [5, 5.41) is 0. The quantitative estimate of drug-likeness (QED) is 0.750. The molecule has 0 aliphatic heterocycles. The Balaban J connectivity index is 2.39. The Kier molecular flexibility index (Phi) is 3.29. The maximum Gasteiger partial charge on any atom is 0.184 e. The zero-order valence-corrected chi connectivity index (χ0v) is 10.9. The van der Waals surface area contributed by atoms with Gasteiger partial charge in [0.05, 0.1) is 5.54 Å². The third kappa shape index (κ3) is 2.00. The average Bonchev–Trinajstić information content (AvgIpc) is 2.79. The number of hydrogen-bond donors (Lipinski definition) is 0. The zero-order valence-electron chi connectivity index (χ0n) is 10.9. The highest BCUT2D eigenvalue weighted by atomic mass is 16.1. The van der Waals surface area contributed by atoms with Crippen molar-refractivity contribution >= 4 is 5.78 Å². The fourth-order valence-corrected chi connectivity index (χ4v) is 2.79. The molecule has 1 heterocycles. The number of nitrogens with zero attached hydrogens (tertiary/aromatic N) is 2. The van der Waals surface area contributed by atoms with Crippen molar-refractivity contribution in [3.8, 4) is 0 Å². The first kappa shape index (κ1) is 12.2. The van der Waals surface area contributed by atoms with E-state index < -0.39 is 0 Å². The molecule has 0 N–H and O–H groups in total.